The van der Waals surface area contributed by atoms with Gasteiger partial charge in [0.05, 0.1) is 18.7 Å². The minimum Gasteiger partial charge on any atom is -0.493 e. The summed E-state index contributed by atoms with van der Waals surface area (Å²) in [5.41, 5.74) is 6.75. The first-order chi connectivity index (χ1) is 7.72. The third kappa shape index (κ3) is 1.13. The Balaban J connectivity index is 2.11. The zero-order chi connectivity index (χ0) is 11.2. The van der Waals surface area contributed by atoms with Gasteiger partial charge in [-0.1, -0.05) is 25.1 Å². The molecule has 1 aromatic carbocycles. The Morgan fingerprint density at radius 2 is 2.31 bits per heavy atom. The zero-order valence-electron chi connectivity index (χ0n) is 9.23. The Hall–Kier alpha value is -1.71. The number of nitrogens with zero attached hydrogens (tertiary/aromatic N) is 1. The number of benzene rings is 1. The van der Waals surface area contributed by atoms with Crippen LogP contribution in [0.1, 0.15) is 12.5 Å². The summed E-state index contributed by atoms with van der Waals surface area (Å²) in [6.45, 7) is 3.56. The van der Waals surface area contributed by atoms with Gasteiger partial charge in [0, 0.05) is 11.5 Å². The van der Waals surface area contributed by atoms with Crippen molar-refractivity contribution in [2.75, 3.05) is 13.2 Å². The molecule has 2 heterocycles. The second kappa shape index (κ2) is 3.14. The van der Waals surface area contributed by atoms with Crippen molar-refractivity contribution in [2.24, 2.45) is 16.6 Å². The van der Waals surface area contributed by atoms with E-state index >= 15 is 0 Å². The second-order valence-electron chi connectivity index (χ2n) is 4.51. The van der Waals surface area contributed by atoms with E-state index in [1.165, 1.54) is 0 Å². The molecule has 2 aliphatic rings. The van der Waals surface area contributed by atoms with Crippen molar-refractivity contribution in [2.45, 2.75) is 12.5 Å². The summed E-state index contributed by atoms with van der Waals surface area (Å²) in [6.07, 6.45) is 0. The molecule has 84 valence electrons. The van der Waals surface area contributed by atoms with E-state index in [0.29, 0.717) is 25.0 Å². The van der Waals surface area contributed by atoms with E-state index in [9.17, 15) is 0 Å². The molecule has 0 aromatic heterocycles. The molecule has 0 saturated carbocycles. The molecule has 4 heteroatoms. The maximum absolute atomic E-state index is 5.76. The first kappa shape index (κ1) is 9.51. The summed E-state index contributed by atoms with van der Waals surface area (Å²) in [5.74, 6) is 1.83. The number of aliphatic imine (C=N–C) groups is 1. The van der Waals surface area contributed by atoms with E-state index < -0.39 is 0 Å². The summed E-state index contributed by atoms with van der Waals surface area (Å²) < 4.78 is 5.73. The summed E-state index contributed by atoms with van der Waals surface area (Å²) >= 11 is 0. The highest BCUT2D eigenvalue weighted by Gasteiger charge is 2.46. The van der Waals surface area contributed by atoms with Gasteiger partial charge in [-0.2, -0.15) is 0 Å². The van der Waals surface area contributed by atoms with E-state index in [1.807, 2.05) is 18.2 Å². The van der Waals surface area contributed by atoms with Crippen LogP contribution in [0.4, 0.5) is 0 Å². The number of guanidine groups is 1. The molecular formula is C12H15N3O. The molecular weight excluding hydrogens is 202 g/mol. The largest absolute Gasteiger partial charge is 0.493 e. The lowest BCUT2D eigenvalue weighted by molar-refractivity contribution is 0.140. The summed E-state index contributed by atoms with van der Waals surface area (Å²) in [4.78, 5) is 4.29. The number of ether oxygens (including phenoxy) is 1. The topological polar surface area (TPSA) is 59.6 Å². The maximum Gasteiger partial charge on any atom is 0.189 e. The quantitative estimate of drug-likeness (QED) is 0.676. The molecule has 2 aliphatic heterocycles. The van der Waals surface area contributed by atoms with Crippen molar-refractivity contribution >= 4 is 5.96 Å². The van der Waals surface area contributed by atoms with E-state index in [2.05, 4.69) is 23.3 Å². The van der Waals surface area contributed by atoms with E-state index in [4.69, 9.17) is 10.5 Å². The minimum atomic E-state index is -0.168. The van der Waals surface area contributed by atoms with Crippen LogP contribution in [-0.4, -0.2) is 19.1 Å². The van der Waals surface area contributed by atoms with Crippen molar-refractivity contribution in [1.29, 1.82) is 0 Å². The van der Waals surface area contributed by atoms with Crippen LogP contribution in [0.15, 0.2) is 29.3 Å². The fourth-order valence-corrected chi connectivity index (χ4v) is 2.53. The Labute approximate surface area is 94.5 Å². The Kier molecular flexibility index (Phi) is 1.87. The highest BCUT2D eigenvalue weighted by Crippen LogP contribution is 2.41. The number of hydrogen-bond acceptors (Lipinski definition) is 4. The molecule has 3 rings (SSSR count). The smallest absolute Gasteiger partial charge is 0.189 e. The lowest BCUT2D eigenvalue weighted by Gasteiger charge is -2.40. The molecule has 16 heavy (non-hydrogen) atoms. The highest BCUT2D eigenvalue weighted by atomic mass is 16.5. The van der Waals surface area contributed by atoms with Crippen LogP contribution in [-0.2, 0) is 5.54 Å². The molecule has 0 bridgehead atoms. The van der Waals surface area contributed by atoms with Gasteiger partial charge in [0.15, 0.2) is 5.96 Å². The normalized spacial score (nSPS) is 31.6. The van der Waals surface area contributed by atoms with Gasteiger partial charge in [0.1, 0.15) is 5.75 Å². The average molecular weight is 217 g/mol. The minimum absolute atomic E-state index is 0.168. The molecule has 0 fully saturated rings. The van der Waals surface area contributed by atoms with Gasteiger partial charge in [-0.15, -0.1) is 0 Å². The molecule has 3 N–H and O–H groups in total. The van der Waals surface area contributed by atoms with Crippen molar-refractivity contribution in [1.82, 2.24) is 5.32 Å². The van der Waals surface area contributed by atoms with Gasteiger partial charge in [-0.25, -0.2) is 0 Å². The first-order valence-corrected chi connectivity index (χ1v) is 5.53. The monoisotopic (exact) mass is 217 g/mol. The molecule has 0 aliphatic carbocycles. The molecule has 2 unspecified atom stereocenters. The predicted molar refractivity (Wildman–Crippen MR) is 62.4 cm³/mol. The summed E-state index contributed by atoms with van der Waals surface area (Å²) in [5, 5.41) is 3.32. The molecule has 2 atom stereocenters. The van der Waals surface area contributed by atoms with Crippen LogP contribution in [0.5, 0.6) is 5.75 Å². The van der Waals surface area contributed by atoms with Gasteiger partial charge in [0.2, 0.25) is 0 Å². The Morgan fingerprint density at radius 1 is 1.50 bits per heavy atom. The Bertz CT molecular complexity index is 457. The molecule has 0 amide bonds. The van der Waals surface area contributed by atoms with Crippen LogP contribution in [0.3, 0.4) is 0 Å². The lowest BCUT2D eigenvalue weighted by Crippen LogP contribution is -2.53. The standard InChI is InChI=1S/C12H15N3O/c1-8-6-16-10-5-3-2-4-9(10)12(8)7-14-11(13)15-12/h2-5,8H,6-7H2,1H3,(H3,13,14,15). The maximum atomic E-state index is 5.76. The van der Waals surface area contributed by atoms with E-state index in [0.717, 1.165) is 11.3 Å². The molecule has 0 saturated heterocycles. The van der Waals surface area contributed by atoms with Crippen molar-refractivity contribution in [3.8, 4) is 5.75 Å². The molecule has 1 aromatic rings. The number of nitrogens with one attached hydrogen (secondary N) is 1. The van der Waals surface area contributed by atoms with Gasteiger partial charge in [0.25, 0.3) is 0 Å². The van der Waals surface area contributed by atoms with Crippen LogP contribution >= 0.6 is 0 Å². The van der Waals surface area contributed by atoms with Crippen LogP contribution in [0.25, 0.3) is 0 Å². The highest BCUT2D eigenvalue weighted by molar-refractivity contribution is 5.81. The number of hydrogen-bond donors (Lipinski definition) is 2. The predicted octanol–water partition coefficient (Wildman–Crippen LogP) is 0.828. The number of nitrogens with two attached hydrogens (primary N) is 1. The Morgan fingerprint density at radius 3 is 3.06 bits per heavy atom. The third-order valence-corrected chi connectivity index (χ3v) is 3.55. The molecule has 1 spiro atoms. The van der Waals surface area contributed by atoms with Crippen molar-refractivity contribution in [3.05, 3.63) is 29.8 Å². The lowest BCUT2D eigenvalue weighted by atomic mass is 9.78. The fraction of sp³-hybridized carbons (Fsp3) is 0.417. The molecule has 0 radical (unpaired) electrons. The fourth-order valence-electron chi connectivity index (χ4n) is 2.53. The van der Waals surface area contributed by atoms with Crippen LogP contribution in [0, 0.1) is 5.92 Å². The number of para-hydroxylation sites is 1. The first-order valence-electron chi connectivity index (χ1n) is 5.53. The van der Waals surface area contributed by atoms with Gasteiger partial charge in [-0.3, -0.25) is 4.99 Å². The van der Waals surface area contributed by atoms with Gasteiger partial charge < -0.3 is 15.8 Å². The van der Waals surface area contributed by atoms with Crippen LogP contribution in [0.2, 0.25) is 0 Å². The zero-order valence-corrected chi connectivity index (χ0v) is 9.23. The number of fused-ring (bicyclic) bond motifs is 2. The second-order valence-corrected chi connectivity index (χ2v) is 4.51. The molecule has 4 nitrogen and oxygen atoms in total. The average Bonchev–Trinajstić information content (AvgIpc) is 2.68. The third-order valence-electron chi connectivity index (χ3n) is 3.55. The summed E-state index contributed by atoms with van der Waals surface area (Å²) in [7, 11) is 0. The summed E-state index contributed by atoms with van der Waals surface area (Å²) in [6, 6.07) is 8.10. The van der Waals surface area contributed by atoms with Gasteiger partial charge in [-0.05, 0) is 6.07 Å². The van der Waals surface area contributed by atoms with Crippen molar-refractivity contribution in [3.63, 3.8) is 0 Å². The van der Waals surface area contributed by atoms with Crippen molar-refractivity contribution < 1.29 is 4.74 Å². The SMILES string of the molecule is CC1COc2ccccc2C12CN=C(N)N2. The van der Waals surface area contributed by atoms with E-state index in [-0.39, 0.29) is 5.54 Å². The van der Waals surface area contributed by atoms with E-state index in [1.54, 1.807) is 0 Å². The van der Waals surface area contributed by atoms with Crippen LogP contribution < -0.4 is 15.8 Å². The number of rotatable bonds is 0. The van der Waals surface area contributed by atoms with Gasteiger partial charge >= 0.3 is 0 Å².